The van der Waals surface area contributed by atoms with Gasteiger partial charge in [0.2, 0.25) is 0 Å². The van der Waals surface area contributed by atoms with Gasteiger partial charge in [-0.25, -0.2) is 9.67 Å². The molecule has 3 heterocycles. The molecule has 140 valence electrons. The lowest BCUT2D eigenvalue weighted by atomic mass is 9.96. The molecule has 6 nitrogen and oxygen atoms in total. The van der Waals surface area contributed by atoms with Gasteiger partial charge in [0, 0.05) is 45.0 Å². The Morgan fingerprint density at radius 1 is 1.04 bits per heavy atom. The van der Waals surface area contributed by atoms with Crippen molar-refractivity contribution in [3.8, 4) is 0 Å². The van der Waals surface area contributed by atoms with E-state index in [-0.39, 0.29) is 0 Å². The maximum Gasteiger partial charge on any atom is 0.131 e. The zero-order chi connectivity index (χ0) is 17.8. The fourth-order valence-electron chi connectivity index (χ4n) is 4.02. The average molecular weight is 355 g/mol. The summed E-state index contributed by atoms with van der Waals surface area (Å²) in [6.07, 6.45) is 10.3. The lowest BCUT2D eigenvalue weighted by molar-refractivity contribution is 0.148. The Kier molecular flexibility index (Phi) is 5.51. The Morgan fingerprint density at radius 2 is 1.85 bits per heavy atom. The van der Waals surface area contributed by atoms with Crippen LogP contribution in [-0.4, -0.2) is 57.8 Å². The average Bonchev–Trinajstić information content (AvgIpc) is 3.14. The van der Waals surface area contributed by atoms with Crippen molar-refractivity contribution in [3.63, 3.8) is 0 Å². The maximum atomic E-state index is 4.63. The molecule has 1 aliphatic heterocycles. The van der Waals surface area contributed by atoms with Crippen LogP contribution in [0.5, 0.6) is 0 Å². The van der Waals surface area contributed by atoms with Crippen molar-refractivity contribution in [2.45, 2.75) is 44.7 Å². The van der Waals surface area contributed by atoms with E-state index in [1.165, 1.54) is 37.7 Å². The first-order valence-electron chi connectivity index (χ1n) is 9.94. The fourth-order valence-corrected chi connectivity index (χ4v) is 4.02. The third-order valence-corrected chi connectivity index (χ3v) is 5.67. The van der Waals surface area contributed by atoms with E-state index in [0.29, 0.717) is 6.04 Å². The van der Waals surface area contributed by atoms with Crippen LogP contribution in [0.4, 0.5) is 11.6 Å². The van der Waals surface area contributed by atoms with Crippen molar-refractivity contribution in [2.75, 3.05) is 38.5 Å². The molecule has 1 aliphatic carbocycles. The highest BCUT2D eigenvalue weighted by molar-refractivity contribution is 5.51. The summed E-state index contributed by atoms with van der Waals surface area (Å²) in [7, 11) is 2.19. The standard InChI is InChI=1S/C20H30N6/c1-24-11-13-25(14-12-24)16-17-7-8-19(21-15-17)23-20-9-10-22-26(20)18-5-3-2-4-6-18/h7-10,15,18H,2-6,11-14,16H2,1H3,(H,21,23). The number of nitrogens with one attached hydrogen (secondary N) is 1. The number of hydrogen-bond donors (Lipinski definition) is 1. The van der Waals surface area contributed by atoms with Crippen molar-refractivity contribution in [3.05, 3.63) is 36.2 Å². The first kappa shape index (κ1) is 17.5. The molecule has 0 amide bonds. The Bertz CT molecular complexity index is 681. The number of pyridine rings is 1. The predicted molar refractivity (Wildman–Crippen MR) is 105 cm³/mol. The van der Waals surface area contributed by atoms with Crippen LogP contribution in [0, 0.1) is 0 Å². The van der Waals surface area contributed by atoms with Crippen molar-refractivity contribution in [1.29, 1.82) is 0 Å². The summed E-state index contributed by atoms with van der Waals surface area (Å²) < 4.78 is 2.15. The molecule has 2 aromatic rings. The zero-order valence-electron chi connectivity index (χ0n) is 15.8. The monoisotopic (exact) mass is 354 g/mol. The molecule has 0 bridgehead atoms. The van der Waals surface area contributed by atoms with Gasteiger partial charge < -0.3 is 10.2 Å². The molecule has 0 spiro atoms. The molecular weight excluding hydrogens is 324 g/mol. The quantitative estimate of drug-likeness (QED) is 0.893. The first-order chi connectivity index (χ1) is 12.8. The van der Waals surface area contributed by atoms with Crippen LogP contribution in [-0.2, 0) is 6.54 Å². The first-order valence-corrected chi connectivity index (χ1v) is 9.94. The SMILES string of the molecule is CN1CCN(Cc2ccc(Nc3ccnn3C3CCCCC3)nc2)CC1. The third kappa shape index (κ3) is 4.24. The van der Waals surface area contributed by atoms with Gasteiger partial charge in [-0.3, -0.25) is 4.90 Å². The molecule has 0 radical (unpaired) electrons. The number of hydrogen-bond acceptors (Lipinski definition) is 5. The van der Waals surface area contributed by atoms with Crippen molar-refractivity contribution in [1.82, 2.24) is 24.6 Å². The molecule has 26 heavy (non-hydrogen) atoms. The van der Waals surface area contributed by atoms with E-state index in [0.717, 1.165) is 44.4 Å². The minimum Gasteiger partial charge on any atom is -0.325 e. The van der Waals surface area contributed by atoms with E-state index >= 15 is 0 Å². The highest BCUT2D eigenvalue weighted by atomic mass is 15.3. The second kappa shape index (κ2) is 8.18. The molecule has 2 aromatic heterocycles. The van der Waals surface area contributed by atoms with E-state index in [9.17, 15) is 0 Å². The number of rotatable bonds is 5. The summed E-state index contributed by atoms with van der Waals surface area (Å²) in [5, 5.41) is 8.01. The van der Waals surface area contributed by atoms with Crippen molar-refractivity contribution < 1.29 is 0 Å². The summed E-state index contributed by atoms with van der Waals surface area (Å²) in [5.74, 6) is 1.95. The van der Waals surface area contributed by atoms with Crippen LogP contribution in [0.15, 0.2) is 30.6 Å². The van der Waals surface area contributed by atoms with Gasteiger partial charge in [-0.1, -0.05) is 25.3 Å². The van der Waals surface area contributed by atoms with Crippen LogP contribution in [0.25, 0.3) is 0 Å². The summed E-state index contributed by atoms with van der Waals surface area (Å²) in [4.78, 5) is 9.52. The molecule has 4 rings (SSSR count). The summed E-state index contributed by atoms with van der Waals surface area (Å²) in [6, 6.07) is 6.85. The summed E-state index contributed by atoms with van der Waals surface area (Å²) in [6.45, 7) is 5.56. The highest BCUT2D eigenvalue weighted by Gasteiger charge is 2.18. The second-order valence-corrected chi connectivity index (χ2v) is 7.71. The van der Waals surface area contributed by atoms with Crippen LogP contribution in [0.2, 0.25) is 0 Å². The predicted octanol–water partition coefficient (Wildman–Crippen LogP) is 3.27. The smallest absolute Gasteiger partial charge is 0.131 e. The molecule has 6 heteroatoms. The van der Waals surface area contributed by atoms with E-state index in [4.69, 9.17) is 0 Å². The van der Waals surface area contributed by atoms with E-state index in [2.05, 4.69) is 55.1 Å². The number of aromatic nitrogens is 3. The largest absolute Gasteiger partial charge is 0.325 e. The minimum atomic E-state index is 0.526. The molecule has 2 aliphatic rings. The van der Waals surface area contributed by atoms with Gasteiger partial charge in [0.1, 0.15) is 11.6 Å². The molecule has 0 aromatic carbocycles. The third-order valence-electron chi connectivity index (χ3n) is 5.67. The summed E-state index contributed by atoms with van der Waals surface area (Å²) in [5.41, 5.74) is 1.28. The molecule has 2 fully saturated rings. The molecule has 1 N–H and O–H groups in total. The lowest BCUT2D eigenvalue weighted by Crippen LogP contribution is -2.43. The highest BCUT2D eigenvalue weighted by Crippen LogP contribution is 2.30. The number of piperazine rings is 1. The van der Waals surface area contributed by atoms with E-state index < -0.39 is 0 Å². The Hall–Kier alpha value is -1.92. The van der Waals surface area contributed by atoms with Crippen LogP contribution in [0.1, 0.15) is 43.7 Å². The van der Waals surface area contributed by atoms with Crippen LogP contribution in [0.3, 0.4) is 0 Å². The molecule has 0 unspecified atom stereocenters. The van der Waals surface area contributed by atoms with E-state index in [1.54, 1.807) is 0 Å². The minimum absolute atomic E-state index is 0.526. The Morgan fingerprint density at radius 3 is 2.58 bits per heavy atom. The van der Waals surface area contributed by atoms with Crippen molar-refractivity contribution in [2.24, 2.45) is 0 Å². The fraction of sp³-hybridized carbons (Fsp3) is 0.600. The Labute approximate surface area is 156 Å². The maximum absolute atomic E-state index is 4.63. The van der Waals surface area contributed by atoms with Gasteiger partial charge in [-0.15, -0.1) is 0 Å². The van der Waals surface area contributed by atoms with Crippen molar-refractivity contribution >= 4 is 11.6 Å². The van der Waals surface area contributed by atoms with E-state index in [1.807, 2.05) is 12.4 Å². The molecule has 1 saturated carbocycles. The normalized spacial score (nSPS) is 20.3. The molecule has 0 atom stereocenters. The number of nitrogens with zero attached hydrogens (tertiary/aromatic N) is 5. The van der Waals surface area contributed by atoms with Gasteiger partial charge in [-0.2, -0.15) is 5.10 Å². The topological polar surface area (TPSA) is 49.2 Å². The van der Waals surface area contributed by atoms with Gasteiger partial charge in [0.25, 0.3) is 0 Å². The van der Waals surface area contributed by atoms with Gasteiger partial charge in [-0.05, 0) is 31.5 Å². The Balaban J connectivity index is 1.36. The molecular formula is C20H30N6. The van der Waals surface area contributed by atoms with Gasteiger partial charge in [0.15, 0.2) is 0 Å². The number of anilines is 2. The summed E-state index contributed by atoms with van der Waals surface area (Å²) >= 11 is 0. The number of likely N-dealkylation sites (N-methyl/N-ethyl adjacent to an activating group) is 1. The van der Waals surface area contributed by atoms with Gasteiger partial charge in [0.05, 0.1) is 12.2 Å². The lowest BCUT2D eigenvalue weighted by Gasteiger charge is -2.32. The van der Waals surface area contributed by atoms with Crippen LogP contribution >= 0.6 is 0 Å². The second-order valence-electron chi connectivity index (χ2n) is 7.71. The van der Waals surface area contributed by atoms with Crippen LogP contribution < -0.4 is 5.32 Å². The zero-order valence-corrected chi connectivity index (χ0v) is 15.8. The van der Waals surface area contributed by atoms with Gasteiger partial charge >= 0.3 is 0 Å². The molecule has 1 saturated heterocycles.